The number of carbonyl (C=O) groups is 1. The van der Waals surface area contributed by atoms with Crippen LogP contribution in [0.4, 0.5) is 0 Å². The fraction of sp³-hybridized carbons (Fsp3) is 0.842. The van der Waals surface area contributed by atoms with Gasteiger partial charge in [-0.15, -0.1) is 0 Å². The number of ether oxygens (including phenoxy) is 1. The highest BCUT2D eigenvalue weighted by molar-refractivity contribution is 5.69. The van der Waals surface area contributed by atoms with Gasteiger partial charge in [0.15, 0.2) is 0 Å². The minimum absolute atomic E-state index is 0.113. The number of allylic oxidation sites excluding steroid dienone is 2. The van der Waals surface area contributed by atoms with E-state index in [1.165, 1.54) is 44.9 Å². The summed E-state index contributed by atoms with van der Waals surface area (Å²) in [7, 11) is 0. The van der Waals surface area contributed by atoms with E-state index >= 15 is 0 Å². The lowest BCUT2D eigenvalue weighted by molar-refractivity contribution is -0.147. The molecule has 0 aromatic rings. The van der Waals surface area contributed by atoms with E-state index in [4.69, 9.17) is 14.9 Å². The Bertz CT molecular complexity index is 289. The summed E-state index contributed by atoms with van der Waals surface area (Å²) in [4.78, 5) is 11.3. The van der Waals surface area contributed by atoms with Crippen molar-refractivity contribution in [1.82, 2.24) is 0 Å². The zero-order valence-corrected chi connectivity index (χ0v) is 14.8. The lowest BCUT2D eigenvalue weighted by atomic mass is 10.1. The molecule has 0 amide bonds. The van der Waals surface area contributed by atoms with Gasteiger partial charge in [-0.05, 0) is 32.1 Å². The van der Waals surface area contributed by atoms with Crippen molar-refractivity contribution in [1.29, 1.82) is 0 Å². The van der Waals surface area contributed by atoms with Crippen molar-refractivity contribution in [3.63, 3.8) is 0 Å². The van der Waals surface area contributed by atoms with Crippen LogP contribution in [0.15, 0.2) is 12.2 Å². The van der Waals surface area contributed by atoms with Crippen LogP contribution < -0.4 is 0 Å². The van der Waals surface area contributed by atoms with Gasteiger partial charge in [0.25, 0.3) is 0 Å². The highest BCUT2D eigenvalue weighted by atomic mass is 16.5. The van der Waals surface area contributed by atoms with Crippen molar-refractivity contribution >= 4 is 5.97 Å². The molecule has 0 aromatic heterocycles. The van der Waals surface area contributed by atoms with Gasteiger partial charge in [0.05, 0.1) is 6.61 Å². The van der Waals surface area contributed by atoms with Gasteiger partial charge in [0.2, 0.25) is 0 Å². The highest BCUT2D eigenvalue weighted by Gasteiger charge is 2.07. The summed E-state index contributed by atoms with van der Waals surface area (Å²) < 4.78 is 4.84. The first-order valence-electron chi connectivity index (χ1n) is 9.30. The van der Waals surface area contributed by atoms with Gasteiger partial charge in [-0.25, -0.2) is 0 Å². The van der Waals surface area contributed by atoms with Gasteiger partial charge in [-0.2, -0.15) is 0 Å². The van der Waals surface area contributed by atoms with Crippen LogP contribution in [0.2, 0.25) is 0 Å². The van der Waals surface area contributed by atoms with Crippen LogP contribution in [0.25, 0.3) is 0 Å². The highest BCUT2D eigenvalue weighted by Crippen LogP contribution is 2.09. The molecule has 0 aliphatic rings. The fourth-order valence-electron chi connectivity index (χ4n) is 2.30. The first-order valence-corrected chi connectivity index (χ1v) is 9.30. The van der Waals surface area contributed by atoms with Gasteiger partial charge in [-0.3, -0.25) is 4.79 Å². The average Bonchev–Trinajstić information content (AvgIpc) is 2.56. The molecular formula is C19H36O4. The Labute approximate surface area is 141 Å². The van der Waals surface area contributed by atoms with E-state index in [9.17, 15) is 4.79 Å². The topological polar surface area (TPSA) is 66.8 Å². The molecule has 0 spiro atoms. The quantitative estimate of drug-likeness (QED) is 0.254. The molecule has 0 bridgehead atoms. The number of unbranched alkanes of at least 4 members (excludes halogenated alkanes) is 9. The maximum absolute atomic E-state index is 11.3. The van der Waals surface area contributed by atoms with E-state index in [1.807, 2.05) is 0 Å². The second kappa shape index (κ2) is 17.5. The number of aliphatic hydroxyl groups is 2. The Morgan fingerprint density at radius 3 is 2.09 bits per heavy atom. The van der Waals surface area contributed by atoms with Crippen molar-refractivity contribution in [2.24, 2.45) is 0 Å². The maximum atomic E-state index is 11.3. The molecule has 0 aliphatic carbocycles. The van der Waals surface area contributed by atoms with Crippen LogP contribution in [0.1, 0.15) is 84.0 Å². The van der Waals surface area contributed by atoms with Crippen LogP contribution in [-0.2, 0) is 9.53 Å². The third-order valence-electron chi connectivity index (χ3n) is 3.79. The second-order valence-corrected chi connectivity index (χ2v) is 6.15. The molecule has 0 heterocycles. The number of esters is 1. The molecule has 0 radical (unpaired) electrons. The fourth-order valence-corrected chi connectivity index (χ4v) is 2.30. The molecule has 0 aliphatic heterocycles. The molecule has 23 heavy (non-hydrogen) atoms. The first-order chi connectivity index (χ1) is 11.2. The van der Waals surface area contributed by atoms with E-state index in [0.717, 1.165) is 25.7 Å². The van der Waals surface area contributed by atoms with E-state index in [1.54, 1.807) is 0 Å². The molecule has 2 N–H and O–H groups in total. The second-order valence-electron chi connectivity index (χ2n) is 6.15. The monoisotopic (exact) mass is 328 g/mol. The van der Waals surface area contributed by atoms with Gasteiger partial charge >= 0.3 is 5.97 Å². The number of rotatable bonds is 16. The predicted octanol–water partition coefficient (Wildman–Crippen LogP) is 4.14. The summed E-state index contributed by atoms with van der Waals surface area (Å²) in [6.45, 7) is 1.75. The van der Waals surface area contributed by atoms with E-state index < -0.39 is 6.10 Å². The minimum Gasteiger partial charge on any atom is -0.463 e. The lowest BCUT2D eigenvalue weighted by Gasteiger charge is -2.08. The third-order valence-corrected chi connectivity index (χ3v) is 3.79. The van der Waals surface area contributed by atoms with Crippen LogP contribution in [0.3, 0.4) is 0 Å². The normalized spacial score (nSPS) is 12.7. The van der Waals surface area contributed by atoms with Gasteiger partial charge < -0.3 is 14.9 Å². The summed E-state index contributed by atoms with van der Waals surface area (Å²) in [5.74, 6) is -0.291. The Morgan fingerprint density at radius 2 is 1.52 bits per heavy atom. The third kappa shape index (κ3) is 17.3. The van der Waals surface area contributed by atoms with Crippen molar-refractivity contribution in [3.05, 3.63) is 12.2 Å². The minimum atomic E-state index is -0.961. The van der Waals surface area contributed by atoms with E-state index in [2.05, 4.69) is 19.1 Å². The molecule has 136 valence electrons. The smallest absolute Gasteiger partial charge is 0.305 e. The Hall–Kier alpha value is -0.870. The van der Waals surface area contributed by atoms with Crippen molar-refractivity contribution in [2.45, 2.75) is 90.1 Å². The lowest BCUT2D eigenvalue weighted by Crippen LogP contribution is -2.21. The number of carbonyl (C=O) groups excluding carboxylic acids is 1. The molecule has 0 aromatic carbocycles. The van der Waals surface area contributed by atoms with Crippen LogP contribution >= 0.6 is 0 Å². The summed E-state index contributed by atoms with van der Waals surface area (Å²) in [5, 5.41) is 17.7. The summed E-state index contributed by atoms with van der Waals surface area (Å²) in [6.07, 6.45) is 17.2. The Balaban J connectivity index is 3.25. The van der Waals surface area contributed by atoms with Gasteiger partial charge in [-0.1, -0.05) is 57.6 Å². The predicted molar refractivity (Wildman–Crippen MR) is 94.3 cm³/mol. The standard InChI is InChI=1S/C19H36O4/c1-2-3-4-5-6-7-8-9-10-11-12-13-14-15-19(22)23-17-18(21)16-20/h8-9,18,20-21H,2-7,10-17H2,1H3/b9-8-/t18-/m0/s1. The number of hydrogen-bond donors (Lipinski definition) is 2. The molecular weight excluding hydrogens is 292 g/mol. The Morgan fingerprint density at radius 1 is 0.957 bits per heavy atom. The van der Waals surface area contributed by atoms with E-state index in [0.29, 0.717) is 6.42 Å². The van der Waals surface area contributed by atoms with Gasteiger partial charge in [0.1, 0.15) is 12.7 Å². The number of aliphatic hydroxyl groups excluding tert-OH is 2. The van der Waals surface area contributed by atoms with Crippen molar-refractivity contribution in [3.8, 4) is 0 Å². The van der Waals surface area contributed by atoms with Gasteiger partial charge in [0, 0.05) is 6.42 Å². The summed E-state index contributed by atoms with van der Waals surface area (Å²) in [6, 6.07) is 0. The molecule has 0 saturated heterocycles. The summed E-state index contributed by atoms with van der Waals surface area (Å²) in [5.41, 5.74) is 0. The first kappa shape index (κ1) is 22.1. The zero-order chi connectivity index (χ0) is 17.2. The molecule has 0 fully saturated rings. The Kier molecular flexibility index (Phi) is 16.8. The van der Waals surface area contributed by atoms with Crippen LogP contribution in [-0.4, -0.2) is 35.5 Å². The van der Waals surface area contributed by atoms with Crippen molar-refractivity contribution in [2.75, 3.05) is 13.2 Å². The van der Waals surface area contributed by atoms with Crippen molar-refractivity contribution < 1.29 is 19.7 Å². The molecule has 0 saturated carbocycles. The zero-order valence-electron chi connectivity index (χ0n) is 14.8. The molecule has 4 heteroatoms. The van der Waals surface area contributed by atoms with E-state index in [-0.39, 0.29) is 19.2 Å². The SMILES string of the molecule is CCCCCCC/C=C\CCCCCCC(=O)OC[C@@H](O)CO. The molecule has 4 nitrogen and oxygen atoms in total. The molecule has 0 rings (SSSR count). The summed E-state index contributed by atoms with van der Waals surface area (Å²) >= 11 is 0. The largest absolute Gasteiger partial charge is 0.463 e. The maximum Gasteiger partial charge on any atom is 0.305 e. The van der Waals surface area contributed by atoms with Crippen LogP contribution in [0, 0.1) is 0 Å². The molecule has 0 unspecified atom stereocenters. The number of hydrogen-bond acceptors (Lipinski definition) is 4. The average molecular weight is 328 g/mol. The van der Waals surface area contributed by atoms with Crippen LogP contribution in [0.5, 0.6) is 0 Å². The molecule has 1 atom stereocenters.